The molecule has 0 spiro atoms. The first kappa shape index (κ1) is 12.6. The Bertz CT molecular complexity index is 546. The van der Waals surface area contributed by atoms with Crippen LogP contribution < -0.4 is 4.74 Å². The molecule has 0 radical (unpaired) electrons. The molecule has 2 heterocycles. The van der Waals surface area contributed by atoms with E-state index in [0.717, 1.165) is 11.3 Å². The van der Waals surface area contributed by atoms with Crippen LogP contribution in [-0.2, 0) is 14.3 Å². The van der Waals surface area contributed by atoms with Crippen molar-refractivity contribution in [2.75, 3.05) is 14.2 Å². The maximum absolute atomic E-state index is 12.1. The van der Waals surface area contributed by atoms with Gasteiger partial charge in [-0.25, -0.2) is 9.59 Å². The van der Waals surface area contributed by atoms with E-state index < -0.39 is 23.3 Å². The number of Topliss-reactive ketones (excluding diaryl/α,β-unsaturated/α-hetero) is 1. The quantitative estimate of drug-likeness (QED) is 0.590. The van der Waals surface area contributed by atoms with E-state index in [0.29, 0.717) is 0 Å². The highest BCUT2D eigenvalue weighted by atomic mass is 32.1. The van der Waals surface area contributed by atoms with Gasteiger partial charge >= 0.3 is 11.9 Å². The minimum Gasteiger partial charge on any atom is -0.466 e. The molecule has 6 nitrogen and oxygen atoms in total. The number of carbonyl (C=O) groups is 3. The third kappa shape index (κ3) is 1.59. The largest absolute Gasteiger partial charge is 0.466 e. The Morgan fingerprint density at radius 1 is 1.33 bits per heavy atom. The normalized spacial score (nSPS) is 21.2. The second-order valence-electron chi connectivity index (χ2n) is 3.75. The third-order valence-electron chi connectivity index (χ3n) is 2.61. The summed E-state index contributed by atoms with van der Waals surface area (Å²) in [5.41, 5.74) is -1.66. The van der Waals surface area contributed by atoms with Gasteiger partial charge < -0.3 is 14.2 Å². The average Bonchev–Trinajstić information content (AvgIpc) is 2.87. The Balaban J connectivity index is 2.37. The van der Waals surface area contributed by atoms with Crippen LogP contribution in [0.2, 0.25) is 0 Å². The van der Waals surface area contributed by atoms with Crippen molar-refractivity contribution in [1.29, 1.82) is 0 Å². The second kappa shape index (κ2) is 4.09. The molecular formula is C11H10O6S. The van der Waals surface area contributed by atoms with E-state index in [4.69, 9.17) is 4.74 Å². The van der Waals surface area contributed by atoms with Crippen LogP contribution in [-0.4, -0.2) is 37.5 Å². The molecule has 1 unspecified atom stereocenters. The van der Waals surface area contributed by atoms with Gasteiger partial charge in [-0.05, 0) is 6.92 Å². The highest BCUT2D eigenvalue weighted by Gasteiger charge is 2.52. The van der Waals surface area contributed by atoms with Gasteiger partial charge in [-0.3, -0.25) is 4.79 Å². The van der Waals surface area contributed by atoms with Crippen molar-refractivity contribution in [3.63, 3.8) is 0 Å². The summed E-state index contributed by atoms with van der Waals surface area (Å²) in [5, 5.41) is 0. The molecule has 0 amide bonds. The van der Waals surface area contributed by atoms with Crippen LogP contribution in [0.1, 0.15) is 26.3 Å². The zero-order chi connectivity index (χ0) is 13.5. The molecule has 1 aromatic heterocycles. The smallest absolute Gasteiger partial charge is 0.358 e. The molecular weight excluding hydrogens is 260 g/mol. The average molecular weight is 270 g/mol. The summed E-state index contributed by atoms with van der Waals surface area (Å²) in [4.78, 5) is 35.4. The Labute approximate surface area is 106 Å². The van der Waals surface area contributed by atoms with Crippen LogP contribution >= 0.6 is 11.3 Å². The van der Waals surface area contributed by atoms with Gasteiger partial charge in [0.25, 0.3) is 5.60 Å². The van der Waals surface area contributed by atoms with Gasteiger partial charge in [-0.15, -0.1) is 11.3 Å². The first-order chi connectivity index (χ1) is 8.43. The first-order valence-electron chi connectivity index (χ1n) is 4.98. The van der Waals surface area contributed by atoms with E-state index in [2.05, 4.69) is 9.47 Å². The summed E-state index contributed by atoms with van der Waals surface area (Å²) in [5.74, 6) is -1.62. The predicted octanol–water partition coefficient (Wildman–Crippen LogP) is 1.04. The van der Waals surface area contributed by atoms with Gasteiger partial charge in [0.2, 0.25) is 5.78 Å². The number of hydrogen-bond donors (Lipinski definition) is 0. The van der Waals surface area contributed by atoms with Crippen molar-refractivity contribution in [2.45, 2.75) is 12.5 Å². The van der Waals surface area contributed by atoms with Crippen LogP contribution in [0.15, 0.2) is 6.07 Å². The molecule has 0 fully saturated rings. The number of fused-ring (bicyclic) bond motifs is 1. The van der Waals surface area contributed by atoms with E-state index in [1.807, 2.05) is 0 Å². The monoisotopic (exact) mass is 270 g/mol. The van der Waals surface area contributed by atoms with Crippen LogP contribution in [0, 0.1) is 0 Å². The summed E-state index contributed by atoms with van der Waals surface area (Å²) in [6.07, 6.45) is 0. The molecule has 1 aliphatic heterocycles. The van der Waals surface area contributed by atoms with E-state index in [-0.39, 0.29) is 15.5 Å². The van der Waals surface area contributed by atoms with Gasteiger partial charge in [0, 0.05) is 6.07 Å². The molecule has 7 heteroatoms. The number of ketones is 1. The number of methoxy groups -OCH3 is 2. The lowest BCUT2D eigenvalue weighted by Gasteiger charge is -2.18. The standard InChI is InChI=1S/C11H10O6S/c1-11(10(14)16-3)8(12)7-5(17-11)4-6(18-7)9(13)15-2/h4H,1-3H3. The maximum atomic E-state index is 12.1. The van der Waals surface area contributed by atoms with Gasteiger partial charge in [-0.1, -0.05) is 0 Å². The molecule has 1 aromatic rings. The minimum atomic E-state index is -1.66. The van der Waals surface area contributed by atoms with Crippen molar-refractivity contribution >= 4 is 29.1 Å². The number of thiophene rings is 1. The number of carbonyl (C=O) groups excluding carboxylic acids is 3. The molecule has 18 heavy (non-hydrogen) atoms. The number of esters is 2. The molecule has 0 saturated heterocycles. The lowest BCUT2D eigenvalue weighted by Crippen LogP contribution is -2.45. The summed E-state index contributed by atoms with van der Waals surface area (Å²) in [6, 6.07) is 1.39. The van der Waals surface area contributed by atoms with Crippen molar-refractivity contribution in [2.24, 2.45) is 0 Å². The molecule has 96 valence electrons. The van der Waals surface area contributed by atoms with Gasteiger partial charge in [0.15, 0.2) is 0 Å². The van der Waals surface area contributed by atoms with Crippen LogP contribution in [0.5, 0.6) is 5.75 Å². The van der Waals surface area contributed by atoms with Gasteiger partial charge in [0.05, 0.1) is 14.2 Å². The Kier molecular flexibility index (Phi) is 2.86. The van der Waals surface area contributed by atoms with E-state index in [1.54, 1.807) is 0 Å². The van der Waals surface area contributed by atoms with Crippen molar-refractivity contribution in [3.05, 3.63) is 15.8 Å². The number of rotatable bonds is 2. The van der Waals surface area contributed by atoms with Crippen molar-refractivity contribution in [3.8, 4) is 5.75 Å². The topological polar surface area (TPSA) is 78.9 Å². The summed E-state index contributed by atoms with van der Waals surface area (Å²) in [6.45, 7) is 1.34. The fraction of sp³-hybridized carbons (Fsp3) is 0.364. The van der Waals surface area contributed by atoms with Crippen LogP contribution in [0.25, 0.3) is 0 Å². The Morgan fingerprint density at radius 3 is 2.50 bits per heavy atom. The van der Waals surface area contributed by atoms with Crippen LogP contribution in [0.4, 0.5) is 0 Å². The molecule has 0 aromatic carbocycles. The van der Waals surface area contributed by atoms with Crippen molar-refractivity contribution in [1.82, 2.24) is 0 Å². The minimum absolute atomic E-state index is 0.207. The molecule has 1 aliphatic rings. The number of ether oxygens (including phenoxy) is 3. The molecule has 1 atom stereocenters. The molecule has 2 rings (SSSR count). The Morgan fingerprint density at radius 2 is 2.00 bits per heavy atom. The fourth-order valence-electron chi connectivity index (χ4n) is 1.62. The predicted molar refractivity (Wildman–Crippen MR) is 61.0 cm³/mol. The summed E-state index contributed by atoms with van der Waals surface area (Å²) >= 11 is 0.936. The molecule has 0 N–H and O–H groups in total. The fourth-order valence-corrected chi connectivity index (χ4v) is 2.66. The Hall–Kier alpha value is -1.89. The molecule has 0 aliphatic carbocycles. The third-order valence-corrected chi connectivity index (χ3v) is 3.71. The van der Waals surface area contributed by atoms with E-state index in [1.165, 1.54) is 27.2 Å². The molecule has 0 saturated carbocycles. The zero-order valence-electron chi connectivity index (χ0n) is 9.94. The van der Waals surface area contributed by atoms with E-state index in [9.17, 15) is 14.4 Å². The van der Waals surface area contributed by atoms with Crippen LogP contribution in [0.3, 0.4) is 0 Å². The first-order valence-corrected chi connectivity index (χ1v) is 5.80. The second-order valence-corrected chi connectivity index (χ2v) is 4.80. The zero-order valence-corrected chi connectivity index (χ0v) is 10.8. The van der Waals surface area contributed by atoms with Gasteiger partial charge in [-0.2, -0.15) is 0 Å². The highest BCUT2D eigenvalue weighted by molar-refractivity contribution is 7.16. The summed E-state index contributed by atoms with van der Waals surface area (Å²) < 4.78 is 14.4. The number of hydrogen-bond acceptors (Lipinski definition) is 7. The lowest BCUT2D eigenvalue weighted by molar-refractivity contribution is -0.152. The van der Waals surface area contributed by atoms with E-state index >= 15 is 0 Å². The highest BCUT2D eigenvalue weighted by Crippen LogP contribution is 2.41. The van der Waals surface area contributed by atoms with Crippen molar-refractivity contribution < 1.29 is 28.6 Å². The summed E-state index contributed by atoms with van der Waals surface area (Å²) in [7, 11) is 2.42. The maximum Gasteiger partial charge on any atom is 0.358 e. The SMILES string of the molecule is COC(=O)c1cc2c(s1)C(=O)C(C)(C(=O)OC)O2. The lowest BCUT2D eigenvalue weighted by atomic mass is 10.0. The van der Waals surface area contributed by atoms with Gasteiger partial charge in [0.1, 0.15) is 15.5 Å². The molecule has 0 bridgehead atoms.